The van der Waals surface area contributed by atoms with Crippen LogP contribution in [0.4, 0.5) is 21.7 Å². The Morgan fingerprint density at radius 3 is 2.44 bits per heavy atom. The topological polar surface area (TPSA) is 137 Å². The predicted molar refractivity (Wildman–Crippen MR) is 127 cm³/mol. The van der Waals surface area contributed by atoms with Crippen LogP contribution in [0, 0.1) is 17.7 Å². The number of hydrogen-bond acceptors (Lipinski definition) is 6. The predicted octanol–water partition coefficient (Wildman–Crippen LogP) is 3.15. The Labute approximate surface area is 200 Å². The van der Waals surface area contributed by atoms with Crippen LogP contribution in [0.1, 0.15) is 53.3 Å². The van der Waals surface area contributed by atoms with Gasteiger partial charge in [-0.15, -0.1) is 0 Å². The number of nitrogens with one attached hydrogen (secondary N) is 1. The molecule has 2 heterocycles. The molecule has 2 aromatic heterocycles. The van der Waals surface area contributed by atoms with Crippen LogP contribution in [0.15, 0.2) is 24.3 Å². The van der Waals surface area contributed by atoms with Crippen molar-refractivity contribution in [2.75, 3.05) is 16.8 Å². The molecule has 2 aliphatic carbocycles. The van der Waals surface area contributed by atoms with Gasteiger partial charge in [-0.25, -0.2) is 4.39 Å². The summed E-state index contributed by atoms with van der Waals surface area (Å²) in [6.45, 7) is 0. The van der Waals surface area contributed by atoms with E-state index in [1.807, 2.05) is 0 Å². The summed E-state index contributed by atoms with van der Waals surface area (Å²) in [7, 11) is 3.49. The van der Waals surface area contributed by atoms with Gasteiger partial charge in [-0.05, 0) is 55.7 Å². The standard InChI is InChI=1S/C23H27ClFN7O2/c1-31-17(8-18(26)29-31)23(34)9-12-5-11(6-13(12)10-23)20-19(21(27)32(2)30-20)22(33)28-14-3-4-16(25)15(24)7-14/h3-4,7-8,11-13,34H,5-6,9-10,27H2,1-2H3,(H2,26,29)(H,28,33)/t11?,12-,13+,23?. The fourth-order valence-electron chi connectivity index (χ4n) is 5.86. The van der Waals surface area contributed by atoms with Gasteiger partial charge in [-0.2, -0.15) is 10.2 Å². The number of amides is 1. The molecule has 4 atom stereocenters. The van der Waals surface area contributed by atoms with Crippen molar-refractivity contribution in [3.05, 3.63) is 52.1 Å². The lowest BCUT2D eigenvalue weighted by atomic mass is 9.89. The summed E-state index contributed by atoms with van der Waals surface area (Å²) in [5, 5.41) is 22.8. The minimum atomic E-state index is -0.967. The number of halogens is 2. The zero-order chi connectivity index (χ0) is 24.4. The number of aryl methyl sites for hydroxylation is 2. The van der Waals surface area contributed by atoms with Crippen molar-refractivity contribution in [3.63, 3.8) is 0 Å². The fourth-order valence-corrected chi connectivity index (χ4v) is 6.05. The van der Waals surface area contributed by atoms with Crippen LogP contribution in [0.3, 0.4) is 0 Å². The maximum absolute atomic E-state index is 13.5. The van der Waals surface area contributed by atoms with Gasteiger partial charge in [0.1, 0.15) is 28.6 Å². The summed E-state index contributed by atoms with van der Waals surface area (Å²) in [6, 6.07) is 5.73. The highest BCUT2D eigenvalue weighted by molar-refractivity contribution is 6.31. The molecule has 9 nitrogen and oxygen atoms in total. The number of nitrogen functional groups attached to an aromatic ring is 2. The molecule has 0 spiro atoms. The van der Waals surface area contributed by atoms with E-state index in [2.05, 4.69) is 15.5 Å². The molecule has 180 valence electrons. The third-order valence-corrected chi connectivity index (χ3v) is 7.62. The summed E-state index contributed by atoms with van der Waals surface area (Å²) in [6.07, 6.45) is 2.79. The lowest BCUT2D eigenvalue weighted by molar-refractivity contribution is 0.0263. The quantitative estimate of drug-likeness (QED) is 0.446. The second kappa shape index (κ2) is 7.99. The van der Waals surface area contributed by atoms with E-state index in [1.165, 1.54) is 22.9 Å². The van der Waals surface area contributed by atoms with Crippen LogP contribution in [0.5, 0.6) is 0 Å². The molecule has 0 aliphatic heterocycles. The number of hydrogen-bond donors (Lipinski definition) is 4. The average Bonchev–Trinajstić information content (AvgIpc) is 3.47. The zero-order valence-electron chi connectivity index (χ0n) is 18.9. The first-order chi connectivity index (χ1) is 16.1. The first-order valence-electron chi connectivity index (χ1n) is 11.2. The zero-order valence-corrected chi connectivity index (χ0v) is 19.7. The van der Waals surface area contributed by atoms with Crippen molar-refractivity contribution in [1.29, 1.82) is 0 Å². The molecule has 2 unspecified atom stereocenters. The van der Waals surface area contributed by atoms with Gasteiger partial charge < -0.3 is 21.9 Å². The van der Waals surface area contributed by atoms with Gasteiger partial charge in [0, 0.05) is 31.8 Å². The molecule has 2 fully saturated rings. The largest absolute Gasteiger partial charge is 0.384 e. The maximum Gasteiger partial charge on any atom is 0.261 e. The number of carbonyl (C=O) groups is 1. The lowest BCUT2D eigenvalue weighted by Gasteiger charge is -2.24. The third kappa shape index (κ3) is 3.70. The molecule has 2 aliphatic rings. The first kappa shape index (κ1) is 22.7. The van der Waals surface area contributed by atoms with Crippen molar-refractivity contribution in [3.8, 4) is 0 Å². The Kier molecular flexibility index (Phi) is 5.33. The van der Waals surface area contributed by atoms with Crippen LogP contribution in [-0.2, 0) is 19.7 Å². The number of carbonyl (C=O) groups excluding carboxylic acids is 1. The number of aliphatic hydroxyl groups is 1. The summed E-state index contributed by atoms with van der Waals surface area (Å²) >= 11 is 5.85. The lowest BCUT2D eigenvalue weighted by Crippen LogP contribution is -2.26. The summed E-state index contributed by atoms with van der Waals surface area (Å²) < 4.78 is 16.6. The molecule has 34 heavy (non-hydrogen) atoms. The highest BCUT2D eigenvalue weighted by atomic mass is 35.5. The fraction of sp³-hybridized carbons (Fsp3) is 0.435. The van der Waals surface area contributed by atoms with Crippen LogP contribution in [-0.4, -0.2) is 30.6 Å². The number of aromatic nitrogens is 4. The monoisotopic (exact) mass is 487 g/mol. The molecule has 0 bridgehead atoms. The number of anilines is 3. The highest BCUT2D eigenvalue weighted by Gasteiger charge is 2.51. The van der Waals surface area contributed by atoms with Gasteiger partial charge >= 0.3 is 0 Å². The minimum absolute atomic E-state index is 0.0391. The molecule has 11 heteroatoms. The van der Waals surface area contributed by atoms with Crippen LogP contribution in [0.25, 0.3) is 0 Å². The molecular formula is C23H27ClFN7O2. The normalized spacial score (nSPS) is 26.1. The molecule has 2 saturated carbocycles. The SMILES string of the molecule is Cn1nc(N)cc1C1(O)C[C@H]2CC(c3nn(C)c(N)c3C(=O)Nc3ccc(F)c(Cl)c3)C[C@H]2C1. The Bertz CT molecular complexity index is 1270. The number of benzene rings is 1. The molecule has 1 aromatic carbocycles. The molecule has 6 N–H and O–H groups in total. The van der Waals surface area contributed by atoms with Gasteiger partial charge in [0.15, 0.2) is 0 Å². The Balaban J connectivity index is 1.36. The van der Waals surface area contributed by atoms with Gasteiger partial charge in [0.25, 0.3) is 5.91 Å². The number of nitrogens with zero attached hydrogens (tertiary/aromatic N) is 4. The minimum Gasteiger partial charge on any atom is -0.384 e. The number of rotatable bonds is 4. The van der Waals surface area contributed by atoms with Gasteiger partial charge in [-0.1, -0.05) is 11.6 Å². The molecule has 5 rings (SSSR count). The van der Waals surface area contributed by atoms with E-state index in [-0.39, 0.29) is 28.6 Å². The number of nitrogens with two attached hydrogens (primary N) is 2. The summed E-state index contributed by atoms with van der Waals surface area (Å²) in [5.74, 6) is 0.275. The third-order valence-electron chi connectivity index (χ3n) is 7.33. The van der Waals surface area contributed by atoms with E-state index < -0.39 is 17.3 Å². The Hall–Kier alpha value is -3.11. The summed E-state index contributed by atoms with van der Waals surface area (Å²) in [4.78, 5) is 13.2. The summed E-state index contributed by atoms with van der Waals surface area (Å²) in [5.41, 5.74) is 13.2. The van der Waals surface area contributed by atoms with Crippen molar-refractivity contribution in [2.45, 2.75) is 37.2 Å². The smallest absolute Gasteiger partial charge is 0.261 e. The van der Waals surface area contributed by atoms with Crippen LogP contribution >= 0.6 is 11.6 Å². The van der Waals surface area contributed by atoms with E-state index >= 15 is 0 Å². The van der Waals surface area contributed by atoms with E-state index in [1.54, 1.807) is 24.8 Å². The molecule has 3 aromatic rings. The van der Waals surface area contributed by atoms with E-state index in [0.717, 1.165) is 18.5 Å². The van der Waals surface area contributed by atoms with Gasteiger partial charge in [0.2, 0.25) is 0 Å². The van der Waals surface area contributed by atoms with Crippen LogP contribution in [0.2, 0.25) is 5.02 Å². The molecule has 1 amide bonds. The van der Waals surface area contributed by atoms with Gasteiger partial charge in [0.05, 0.1) is 16.4 Å². The second-order valence-corrected chi connectivity index (χ2v) is 9.97. The number of fused-ring (bicyclic) bond motifs is 1. The Morgan fingerprint density at radius 1 is 1.18 bits per heavy atom. The molecule has 0 radical (unpaired) electrons. The van der Waals surface area contributed by atoms with Crippen LogP contribution < -0.4 is 16.8 Å². The highest BCUT2D eigenvalue weighted by Crippen LogP contribution is 2.57. The van der Waals surface area contributed by atoms with Crippen molar-refractivity contribution >= 4 is 34.8 Å². The van der Waals surface area contributed by atoms with E-state index in [0.29, 0.717) is 35.6 Å². The molecule has 0 saturated heterocycles. The van der Waals surface area contributed by atoms with Crippen molar-refractivity contribution in [1.82, 2.24) is 19.6 Å². The maximum atomic E-state index is 13.5. The van der Waals surface area contributed by atoms with Crippen molar-refractivity contribution in [2.24, 2.45) is 25.9 Å². The van der Waals surface area contributed by atoms with Gasteiger partial charge in [-0.3, -0.25) is 14.2 Å². The second-order valence-electron chi connectivity index (χ2n) is 9.56. The first-order valence-corrected chi connectivity index (χ1v) is 11.5. The Morgan fingerprint density at radius 2 is 1.85 bits per heavy atom. The van der Waals surface area contributed by atoms with E-state index in [4.69, 9.17) is 23.1 Å². The average molecular weight is 488 g/mol. The van der Waals surface area contributed by atoms with E-state index in [9.17, 15) is 14.3 Å². The van der Waals surface area contributed by atoms with Crippen molar-refractivity contribution < 1.29 is 14.3 Å². The molecular weight excluding hydrogens is 461 g/mol.